The van der Waals surface area contributed by atoms with Gasteiger partial charge in [-0.1, -0.05) is 23.7 Å². The lowest BCUT2D eigenvalue weighted by molar-refractivity contribution is -0.126. The van der Waals surface area contributed by atoms with E-state index in [9.17, 15) is 14.4 Å². The minimum Gasteiger partial charge on any atom is -0.449 e. The molecule has 0 radical (unpaired) electrons. The lowest BCUT2D eigenvalue weighted by Gasteiger charge is -2.15. The minimum atomic E-state index is -1.05. The Labute approximate surface area is 172 Å². The quantitative estimate of drug-likeness (QED) is 0.420. The molecular formula is C19H20ClN3O4S. The Bertz CT molecular complexity index is 876. The summed E-state index contributed by atoms with van der Waals surface area (Å²) >= 11 is 7.14. The van der Waals surface area contributed by atoms with Crippen molar-refractivity contribution in [2.75, 3.05) is 25.2 Å². The maximum atomic E-state index is 12.5. The predicted molar refractivity (Wildman–Crippen MR) is 109 cm³/mol. The number of hydrogen-bond acceptors (Lipinski definition) is 6. The van der Waals surface area contributed by atoms with Gasteiger partial charge in [0.25, 0.3) is 5.91 Å². The molecule has 1 heterocycles. The van der Waals surface area contributed by atoms with Gasteiger partial charge in [0.1, 0.15) is 0 Å². The SMILES string of the molecule is CC(OC(=O)c1ccccc1SCC(=O)N(C)C)C(=O)Nc1cccnc1Cl. The highest BCUT2D eigenvalue weighted by Crippen LogP contribution is 2.24. The molecule has 7 nitrogen and oxygen atoms in total. The van der Waals surface area contributed by atoms with Crippen LogP contribution in [0.25, 0.3) is 0 Å². The Morgan fingerprint density at radius 2 is 1.93 bits per heavy atom. The van der Waals surface area contributed by atoms with Crippen LogP contribution in [0.15, 0.2) is 47.5 Å². The highest BCUT2D eigenvalue weighted by atomic mass is 35.5. The van der Waals surface area contributed by atoms with Crippen molar-refractivity contribution < 1.29 is 19.1 Å². The van der Waals surface area contributed by atoms with Crippen molar-refractivity contribution in [1.29, 1.82) is 0 Å². The number of anilines is 1. The van der Waals surface area contributed by atoms with E-state index in [1.54, 1.807) is 50.5 Å². The number of halogens is 1. The summed E-state index contributed by atoms with van der Waals surface area (Å²) < 4.78 is 5.28. The van der Waals surface area contributed by atoms with E-state index in [2.05, 4.69) is 10.3 Å². The number of aromatic nitrogens is 1. The first-order valence-electron chi connectivity index (χ1n) is 8.34. The van der Waals surface area contributed by atoms with E-state index < -0.39 is 18.0 Å². The van der Waals surface area contributed by atoms with Gasteiger partial charge in [0, 0.05) is 25.2 Å². The molecule has 1 N–H and O–H groups in total. The molecule has 0 bridgehead atoms. The molecule has 1 aromatic carbocycles. The zero-order valence-electron chi connectivity index (χ0n) is 15.6. The second-order valence-electron chi connectivity index (χ2n) is 5.95. The number of ether oxygens (including phenoxy) is 1. The number of carbonyl (C=O) groups excluding carboxylic acids is 3. The van der Waals surface area contributed by atoms with Crippen LogP contribution in [0.3, 0.4) is 0 Å². The molecule has 0 aliphatic heterocycles. The van der Waals surface area contributed by atoms with Crippen LogP contribution in [0.2, 0.25) is 5.15 Å². The van der Waals surface area contributed by atoms with Gasteiger partial charge in [-0.05, 0) is 31.2 Å². The molecule has 1 atom stereocenters. The van der Waals surface area contributed by atoms with Crippen LogP contribution in [0.1, 0.15) is 17.3 Å². The number of esters is 1. The lowest BCUT2D eigenvalue weighted by atomic mass is 10.2. The van der Waals surface area contributed by atoms with Gasteiger partial charge in [-0.2, -0.15) is 0 Å². The molecule has 1 aromatic heterocycles. The maximum absolute atomic E-state index is 12.5. The molecular weight excluding hydrogens is 402 g/mol. The van der Waals surface area contributed by atoms with Gasteiger partial charge in [-0.15, -0.1) is 11.8 Å². The van der Waals surface area contributed by atoms with Crippen LogP contribution in [0.5, 0.6) is 0 Å². The van der Waals surface area contributed by atoms with Crippen LogP contribution in [-0.4, -0.2) is 53.6 Å². The number of carbonyl (C=O) groups is 3. The van der Waals surface area contributed by atoms with E-state index in [0.29, 0.717) is 10.6 Å². The average molecular weight is 422 g/mol. The summed E-state index contributed by atoms with van der Waals surface area (Å²) in [6, 6.07) is 9.99. The summed E-state index contributed by atoms with van der Waals surface area (Å²) in [6.07, 6.45) is 0.446. The Hall–Kier alpha value is -2.58. The number of nitrogens with one attached hydrogen (secondary N) is 1. The number of hydrogen-bond donors (Lipinski definition) is 1. The van der Waals surface area contributed by atoms with E-state index in [0.717, 1.165) is 0 Å². The van der Waals surface area contributed by atoms with Crippen LogP contribution in [-0.2, 0) is 14.3 Å². The number of thioether (sulfide) groups is 1. The van der Waals surface area contributed by atoms with E-state index in [1.165, 1.54) is 29.8 Å². The fourth-order valence-corrected chi connectivity index (χ4v) is 3.21. The fraction of sp³-hybridized carbons (Fsp3) is 0.263. The van der Waals surface area contributed by atoms with Crippen molar-refractivity contribution in [2.24, 2.45) is 0 Å². The average Bonchev–Trinajstić information content (AvgIpc) is 2.67. The third kappa shape index (κ3) is 5.97. The van der Waals surface area contributed by atoms with Crippen molar-refractivity contribution in [3.8, 4) is 0 Å². The maximum Gasteiger partial charge on any atom is 0.340 e. The summed E-state index contributed by atoms with van der Waals surface area (Å²) in [5, 5.41) is 2.71. The fourth-order valence-electron chi connectivity index (χ4n) is 2.02. The second-order valence-corrected chi connectivity index (χ2v) is 7.33. The van der Waals surface area contributed by atoms with E-state index in [1.807, 2.05) is 0 Å². The van der Waals surface area contributed by atoms with Crippen molar-refractivity contribution in [3.63, 3.8) is 0 Å². The number of nitrogens with zero attached hydrogens (tertiary/aromatic N) is 2. The molecule has 0 saturated carbocycles. The Kier molecular flexibility index (Phi) is 7.83. The molecule has 0 spiro atoms. The number of amides is 2. The summed E-state index contributed by atoms with van der Waals surface area (Å²) in [5.41, 5.74) is 0.619. The molecule has 1 unspecified atom stereocenters. The predicted octanol–water partition coefficient (Wildman–Crippen LogP) is 3.10. The Morgan fingerprint density at radius 1 is 1.21 bits per heavy atom. The largest absolute Gasteiger partial charge is 0.449 e. The topological polar surface area (TPSA) is 88.6 Å². The van der Waals surface area contributed by atoms with Crippen LogP contribution in [0, 0.1) is 0 Å². The zero-order valence-corrected chi connectivity index (χ0v) is 17.2. The monoisotopic (exact) mass is 421 g/mol. The van der Waals surface area contributed by atoms with Gasteiger partial charge in [0.15, 0.2) is 11.3 Å². The van der Waals surface area contributed by atoms with E-state index in [4.69, 9.17) is 16.3 Å². The molecule has 9 heteroatoms. The van der Waals surface area contributed by atoms with Gasteiger partial charge < -0.3 is 15.0 Å². The summed E-state index contributed by atoms with van der Waals surface area (Å²) in [7, 11) is 3.33. The highest BCUT2D eigenvalue weighted by molar-refractivity contribution is 8.00. The molecule has 28 heavy (non-hydrogen) atoms. The molecule has 2 rings (SSSR count). The summed E-state index contributed by atoms with van der Waals surface area (Å²) in [6.45, 7) is 1.46. The zero-order chi connectivity index (χ0) is 20.7. The molecule has 0 saturated heterocycles. The molecule has 0 aliphatic rings. The Balaban J connectivity index is 2.03. The van der Waals surface area contributed by atoms with Crippen molar-refractivity contribution in [1.82, 2.24) is 9.88 Å². The van der Waals surface area contributed by atoms with E-state index in [-0.39, 0.29) is 22.4 Å². The summed E-state index contributed by atoms with van der Waals surface area (Å²) in [5.74, 6) is -1.07. The van der Waals surface area contributed by atoms with Gasteiger partial charge >= 0.3 is 5.97 Å². The number of benzene rings is 1. The van der Waals surface area contributed by atoms with Crippen molar-refractivity contribution in [3.05, 3.63) is 53.3 Å². The van der Waals surface area contributed by atoms with Crippen LogP contribution < -0.4 is 5.32 Å². The molecule has 0 aliphatic carbocycles. The van der Waals surface area contributed by atoms with Crippen LogP contribution in [0.4, 0.5) is 5.69 Å². The number of pyridine rings is 1. The first kappa shape index (κ1) is 21.7. The minimum absolute atomic E-state index is 0.0748. The smallest absolute Gasteiger partial charge is 0.340 e. The van der Waals surface area contributed by atoms with Gasteiger partial charge in [-0.25, -0.2) is 9.78 Å². The highest BCUT2D eigenvalue weighted by Gasteiger charge is 2.22. The van der Waals surface area contributed by atoms with Gasteiger partial charge in [0.05, 0.1) is 17.0 Å². The van der Waals surface area contributed by atoms with Gasteiger partial charge in [0.2, 0.25) is 5.91 Å². The first-order chi connectivity index (χ1) is 13.3. The molecule has 0 fully saturated rings. The molecule has 2 aromatic rings. The third-order valence-corrected chi connectivity index (χ3v) is 4.99. The third-order valence-electron chi connectivity index (χ3n) is 3.63. The van der Waals surface area contributed by atoms with Crippen LogP contribution >= 0.6 is 23.4 Å². The first-order valence-corrected chi connectivity index (χ1v) is 9.70. The Morgan fingerprint density at radius 3 is 2.61 bits per heavy atom. The summed E-state index contributed by atoms with van der Waals surface area (Å²) in [4.78, 5) is 42.5. The van der Waals surface area contributed by atoms with Crippen molar-refractivity contribution in [2.45, 2.75) is 17.9 Å². The number of rotatable bonds is 7. The second kappa shape index (κ2) is 10.1. The van der Waals surface area contributed by atoms with E-state index >= 15 is 0 Å². The van der Waals surface area contributed by atoms with Gasteiger partial charge in [-0.3, -0.25) is 9.59 Å². The molecule has 148 valence electrons. The normalized spacial score (nSPS) is 11.4. The van der Waals surface area contributed by atoms with Crippen molar-refractivity contribution >= 4 is 46.8 Å². The molecule has 2 amide bonds. The lowest BCUT2D eigenvalue weighted by Crippen LogP contribution is -2.30. The standard InChI is InChI=1S/C19H20ClN3O4S/c1-12(18(25)22-14-8-6-10-21-17(14)20)27-19(26)13-7-4-5-9-15(13)28-11-16(24)23(2)3/h4-10,12H,11H2,1-3H3,(H,22,25).